The number of aromatic nitrogens is 2. The van der Waals surface area contributed by atoms with Gasteiger partial charge >= 0.3 is 0 Å². The minimum absolute atomic E-state index is 0.363. The summed E-state index contributed by atoms with van der Waals surface area (Å²) in [5.41, 5.74) is 5.01. The molecule has 1 saturated heterocycles. The molecule has 2 aromatic rings. The molecule has 3 heterocycles. The molecule has 2 N–H and O–H groups in total. The van der Waals surface area contributed by atoms with E-state index < -0.39 is 5.60 Å². The first-order valence-corrected chi connectivity index (χ1v) is 13.4. The molecule has 37 heavy (non-hydrogen) atoms. The SMILES string of the molecule is CC(C)(C)O.CCCCCOc1ccc(-c2cnc(C)c(CC=O)c2N2CCC(C)(C)CC2)cn1.CO. The van der Waals surface area contributed by atoms with Gasteiger partial charge in [0.15, 0.2) is 0 Å². The van der Waals surface area contributed by atoms with Gasteiger partial charge in [-0.05, 0) is 58.4 Å². The molecule has 1 fully saturated rings. The van der Waals surface area contributed by atoms with E-state index >= 15 is 0 Å². The summed E-state index contributed by atoms with van der Waals surface area (Å²) in [6, 6.07) is 3.99. The van der Waals surface area contributed by atoms with Crippen molar-refractivity contribution in [3.8, 4) is 17.0 Å². The second kappa shape index (κ2) is 15.7. The number of ether oxygens (including phenoxy) is 1. The molecule has 0 atom stereocenters. The summed E-state index contributed by atoms with van der Waals surface area (Å²) in [4.78, 5) is 23.0. The number of nitrogens with zero attached hydrogens (tertiary/aromatic N) is 3. The summed E-state index contributed by atoms with van der Waals surface area (Å²) in [5, 5.41) is 15.5. The van der Waals surface area contributed by atoms with Crippen LogP contribution in [-0.4, -0.2) is 58.9 Å². The monoisotopic (exact) mass is 515 g/mol. The third kappa shape index (κ3) is 11.6. The normalized spacial score (nSPS) is 14.6. The van der Waals surface area contributed by atoms with E-state index in [4.69, 9.17) is 14.9 Å². The average Bonchev–Trinajstić information content (AvgIpc) is 2.84. The number of piperidine rings is 1. The molecule has 0 radical (unpaired) electrons. The van der Waals surface area contributed by atoms with Crippen molar-refractivity contribution in [2.75, 3.05) is 31.7 Å². The van der Waals surface area contributed by atoms with E-state index in [1.807, 2.05) is 25.4 Å². The van der Waals surface area contributed by atoms with Crippen LogP contribution in [0.5, 0.6) is 5.88 Å². The minimum Gasteiger partial charge on any atom is -0.478 e. The Hall–Kier alpha value is -2.51. The molecule has 0 saturated carbocycles. The molecule has 7 heteroatoms. The van der Waals surface area contributed by atoms with Crippen LogP contribution in [0.1, 0.15) is 84.9 Å². The number of pyridine rings is 2. The van der Waals surface area contributed by atoms with Crippen molar-refractivity contribution in [3.05, 3.63) is 35.8 Å². The maximum Gasteiger partial charge on any atom is 0.213 e. The lowest BCUT2D eigenvalue weighted by atomic mass is 9.82. The minimum atomic E-state index is -0.500. The molecule has 2 aromatic heterocycles. The number of aliphatic hydroxyl groups excluding tert-OH is 1. The van der Waals surface area contributed by atoms with E-state index in [0.717, 1.165) is 73.8 Å². The van der Waals surface area contributed by atoms with Crippen LogP contribution in [-0.2, 0) is 11.2 Å². The van der Waals surface area contributed by atoms with Gasteiger partial charge in [0, 0.05) is 67.5 Å². The Morgan fingerprint density at radius 2 is 1.70 bits per heavy atom. The van der Waals surface area contributed by atoms with E-state index in [1.165, 1.54) is 12.8 Å². The Morgan fingerprint density at radius 3 is 2.22 bits per heavy atom. The Kier molecular flexibility index (Phi) is 13.8. The van der Waals surface area contributed by atoms with Gasteiger partial charge in [0.2, 0.25) is 5.88 Å². The van der Waals surface area contributed by atoms with Gasteiger partial charge in [-0.15, -0.1) is 0 Å². The van der Waals surface area contributed by atoms with Crippen molar-refractivity contribution in [2.45, 2.75) is 92.6 Å². The highest BCUT2D eigenvalue weighted by Crippen LogP contribution is 2.39. The zero-order valence-corrected chi connectivity index (χ0v) is 24.3. The third-order valence-electron chi connectivity index (χ3n) is 6.13. The molecule has 208 valence electrons. The first-order chi connectivity index (χ1) is 17.4. The van der Waals surface area contributed by atoms with Crippen LogP contribution < -0.4 is 9.64 Å². The van der Waals surface area contributed by atoms with Gasteiger partial charge in [0.05, 0.1) is 17.9 Å². The number of carbonyl (C=O) groups is 1. The molecule has 0 aromatic carbocycles. The molecule has 7 nitrogen and oxygen atoms in total. The molecular weight excluding hydrogens is 466 g/mol. The summed E-state index contributed by atoms with van der Waals surface area (Å²) >= 11 is 0. The van der Waals surface area contributed by atoms with Gasteiger partial charge in [-0.2, -0.15) is 0 Å². The maximum atomic E-state index is 11.4. The summed E-state index contributed by atoms with van der Waals surface area (Å²) < 4.78 is 5.77. The number of unbranched alkanes of at least 4 members (excludes halogenated alkanes) is 2. The smallest absolute Gasteiger partial charge is 0.213 e. The molecule has 0 unspecified atom stereocenters. The lowest BCUT2D eigenvalue weighted by Gasteiger charge is -2.40. The highest BCUT2D eigenvalue weighted by atomic mass is 16.5. The van der Waals surface area contributed by atoms with Gasteiger partial charge in [-0.1, -0.05) is 33.6 Å². The lowest BCUT2D eigenvalue weighted by Crippen LogP contribution is -2.38. The third-order valence-corrected chi connectivity index (χ3v) is 6.13. The van der Waals surface area contributed by atoms with Crippen LogP contribution in [0.4, 0.5) is 5.69 Å². The van der Waals surface area contributed by atoms with Crippen molar-refractivity contribution in [3.63, 3.8) is 0 Å². The van der Waals surface area contributed by atoms with Gasteiger partial charge < -0.3 is 24.6 Å². The molecule has 3 rings (SSSR count). The first-order valence-electron chi connectivity index (χ1n) is 13.4. The molecule has 1 aliphatic heterocycles. The molecule has 0 spiro atoms. The second-order valence-corrected chi connectivity index (χ2v) is 11.2. The summed E-state index contributed by atoms with van der Waals surface area (Å²) in [7, 11) is 1.00. The van der Waals surface area contributed by atoms with Crippen LogP contribution in [0, 0.1) is 12.3 Å². The van der Waals surface area contributed by atoms with Gasteiger partial charge in [-0.25, -0.2) is 4.98 Å². The Bertz CT molecular complexity index is 921. The first kappa shape index (κ1) is 32.5. The average molecular weight is 516 g/mol. The summed E-state index contributed by atoms with van der Waals surface area (Å²) in [5.74, 6) is 0.657. The zero-order valence-electron chi connectivity index (χ0n) is 24.3. The fraction of sp³-hybridized carbons (Fsp3) is 0.633. The summed E-state index contributed by atoms with van der Waals surface area (Å²) in [6.07, 6.45) is 10.8. The molecular formula is C30H49N3O4. The van der Waals surface area contributed by atoms with Gasteiger partial charge in [0.25, 0.3) is 0 Å². The molecule has 0 amide bonds. The number of anilines is 1. The topological polar surface area (TPSA) is 95.8 Å². The van der Waals surface area contributed by atoms with Gasteiger partial charge in [-0.3, -0.25) is 4.98 Å². The number of aryl methyl sites for hydroxylation is 1. The number of hydrogen-bond acceptors (Lipinski definition) is 7. The van der Waals surface area contributed by atoms with E-state index in [9.17, 15) is 4.79 Å². The zero-order chi connectivity index (χ0) is 28.1. The van der Waals surface area contributed by atoms with E-state index in [2.05, 4.69) is 41.7 Å². The fourth-order valence-electron chi connectivity index (χ4n) is 4.02. The number of carbonyl (C=O) groups excluding carboxylic acids is 1. The predicted molar refractivity (Wildman–Crippen MR) is 152 cm³/mol. The highest BCUT2D eigenvalue weighted by Gasteiger charge is 2.28. The lowest BCUT2D eigenvalue weighted by molar-refractivity contribution is -0.107. The number of aliphatic hydroxyl groups is 2. The Morgan fingerprint density at radius 1 is 1.08 bits per heavy atom. The van der Waals surface area contributed by atoms with Crippen molar-refractivity contribution in [1.29, 1.82) is 0 Å². The van der Waals surface area contributed by atoms with Crippen molar-refractivity contribution in [1.82, 2.24) is 9.97 Å². The maximum absolute atomic E-state index is 11.4. The molecule has 0 aliphatic carbocycles. The quantitative estimate of drug-likeness (QED) is 0.323. The largest absolute Gasteiger partial charge is 0.478 e. The molecule has 1 aliphatic rings. The van der Waals surface area contributed by atoms with Crippen molar-refractivity contribution in [2.24, 2.45) is 5.41 Å². The highest BCUT2D eigenvalue weighted by molar-refractivity contribution is 5.82. The predicted octanol–water partition coefficient (Wildman–Crippen LogP) is 5.77. The van der Waals surface area contributed by atoms with E-state index in [1.54, 1.807) is 20.8 Å². The summed E-state index contributed by atoms with van der Waals surface area (Å²) in [6.45, 7) is 16.7. The van der Waals surface area contributed by atoms with Crippen LogP contribution in [0.15, 0.2) is 24.5 Å². The van der Waals surface area contributed by atoms with Gasteiger partial charge in [0.1, 0.15) is 6.29 Å². The number of hydrogen-bond donors (Lipinski definition) is 2. The fourth-order valence-corrected chi connectivity index (χ4v) is 4.02. The second-order valence-electron chi connectivity index (χ2n) is 11.2. The number of aldehydes is 1. The van der Waals surface area contributed by atoms with Crippen LogP contribution in [0.2, 0.25) is 0 Å². The molecule has 0 bridgehead atoms. The van der Waals surface area contributed by atoms with Crippen molar-refractivity contribution < 1.29 is 19.7 Å². The van der Waals surface area contributed by atoms with E-state index in [0.29, 0.717) is 24.3 Å². The van der Waals surface area contributed by atoms with Crippen LogP contribution in [0.3, 0.4) is 0 Å². The standard InChI is InChI=1S/C25H35N3O2.C4H10O.CH4O/c1-5-6-7-16-30-23-9-8-20(17-27-23)22-18-26-19(2)21(10-15-29)24(22)28-13-11-25(3,4)12-14-28;1-4(2,3)5;1-2/h8-9,15,17-18H,5-7,10-14,16H2,1-4H3;5H,1-3H3;2H,1H3. The van der Waals surface area contributed by atoms with Crippen molar-refractivity contribution >= 4 is 12.0 Å². The Balaban J connectivity index is 0.000000874. The number of rotatable bonds is 9. The van der Waals surface area contributed by atoms with Crippen LogP contribution in [0.25, 0.3) is 11.1 Å². The van der Waals surface area contributed by atoms with Crippen LogP contribution >= 0.6 is 0 Å². The Labute approximate surface area is 224 Å². The van der Waals surface area contributed by atoms with E-state index in [-0.39, 0.29) is 0 Å².